The molecule has 0 saturated heterocycles. The van der Waals surface area contributed by atoms with Gasteiger partial charge in [-0.05, 0) is 6.92 Å². The van der Waals surface area contributed by atoms with Crippen molar-refractivity contribution in [1.29, 1.82) is 0 Å². The molecule has 8 nitrogen and oxygen atoms in total. The van der Waals surface area contributed by atoms with Crippen LogP contribution in [0.3, 0.4) is 0 Å². The van der Waals surface area contributed by atoms with Crippen LogP contribution in [0.25, 0.3) is 0 Å². The van der Waals surface area contributed by atoms with Crippen molar-refractivity contribution in [3.05, 3.63) is 0 Å². The van der Waals surface area contributed by atoms with Crippen LogP contribution in [0.1, 0.15) is 6.92 Å². The Balaban J connectivity index is 3.58. The molecular weight excluding hydrogens is 206 g/mol. The van der Waals surface area contributed by atoms with Crippen LogP contribution in [0.4, 0.5) is 9.59 Å². The van der Waals surface area contributed by atoms with E-state index < -0.39 is 24.1 Å². The highest BCUT2D eigenvalue weighted by molar-refractivity contribution is 5.82. The van der Waals surface area contributed by atoms with Gasteiger partial charge < -0.3 is 26.2 Å². The van der Waals surface area contributed by atoms with Crippen molar-refractivity contribution in [2.24, 2.45) is 5.73 Å². The third-order valence-electron chi connectivity index (χ3n) is 1.35. The third kappa shape index (κ3) is 7.11. The summed E-state index contributed by atoms with van der Waals surface area (Å²) in [5.74, 6) is -1.14. The van der Waals surface area contributed by atoms with E-state index in [1.54, 1.807) is 0 Å². The van der Waals surface area contributed by atoms with E-state index in [0.717, 1.165) is 0 Å². The van der Waals surface area contributed by atoms with Gasteiger partial charge in [-0.3, -0.25) is 4.79 Å². The molecule has 0 aliphatic rings. The van der Waals surface area contributed by atoms with E-state index in [1.165, 1.54) is 6.92 Å². The molecule has 0 aromatic heterocycles. The van der Waals surface area contributed by atoms with Crippen LogP contribution in [-0.2, 0) is 9.53 Å². The van der Waals surface area contributed by atoms with Gasteiger partial charge in [-0.15, -0.1) is 0 Å². The molecule has 1 atom stereocenters. The minimum atomic E-state index is -1.14. The predicted molar refractivity (Wildman–Crippen MR) is 49.2 cm³/mol. The van der Waals surface area contributed by atoms with Crippen LogP contribution in [-0.4, -0.2) is 42.4 Å². The normalized spacial score (nSPS) is 11.3. The minimum absolute atomic E-state index is 0.0567. The van der Waals surface area contributed by atoms with Gasteiger partial charge in [0, 0.05) is 0 Å². The van der Waals surface area contributed by atoms with Gasteiger partial charge in [0.1, 0.15) is 12.6 Å². The van der Waals surface area contributed by atoms with Crippen LogP contribution in [0.2, 0.25) is 0 Å². The summed E-state index contributed by atoms with van der Waals surface area (Å²) < 4.78 is 4.32. The summed E-state index contributed by atoms with van der Waals surface area (Å²) in [5.41, 5.74) is 4.66. The van der Waals surface area contributed by atoms with Crippen LogP contribution in [0, 0.1) is 0 Å². The average Bonchev–Trinajstić information content (AvgIpc) is 2.12. The third-order valence-corrected chi connectivity index (χ3v) is 1.35. The molecule has 0 rings (SSSR count). The summed E-state index contributed by atoms with van der Waals surface area (Å²) in [5, 5.41) is 12.9. The molecule has 0 bridgehead atoms. The van der Waals surface area contributed by atoms with Crippen molar-refractivity contribution in [2.75, 3.05) is 13.2 Å². The first kappa shape index (κ1) is 13.0. The second-order valence-electron chi connectivity index (χ2n) is 2.63. The topological polar surface area (TPSA) is 131 Å². The number of ether oxygens (including phenoxy) is 1. The summed E-state index contributed by atoms with van der Waals surface area (Å²) in [7, 11) is 0. The highest BCUT2D eigenvalue weighted by Gasteiger charge is 2.12. The van der Waals surface area contributed by atoms with E-state index in [0.29, 0.717) is 0 Å². The number of aliphatic carboxylic acids is 1. The number of hydrogen-bond acceptors (Lipinski definition) is 4. The lowest BCUT2D eigenvalue weighted by atomic mass is 10.3. The molecule has 0 aromatic rings. The number of primary amides is 1. The highest BCUT2D eigenvalue weighted by Crippen LogP contribution is 1.80. The van der Waals surface area contributed by atoms with E-state index in [9.17, 15) is 14.4 Å². The molecule has 0 spiro atoms. The number of amides is 3. The Morgan fingerprint density at radius 1 is 1.47 bits per heavy atom. The zero-order chi connectivity index (χ0) is 11.8. The number of nitrogens with one attached hydrogen (secondary N) is 2. The summed E-state index contributed by atoms with van der Waals surface area (Å²) in [6, 6.07) is -1.64. The molecule has 0 saturated carbocycles. The monoisotopic (exact) mass is 219 g/mol. The first-order chi connectivity index (χ1) is 6.93. The zero-order valence-corrected chi connectivity index (χ0v) is 8.15. The maximum absolute atomic E-state index is 10.9. The van der Waals surface area contributed by atoms with Crippen LogP contribution < -0.4 is 16.4 Å². The van der Waals surface area contributed by atoms with Crippen molar-refractivity contribution in [2.45, 2.75) is 13.0 Å². The Hall–Kier alpha value is -1.99. The Morgan fingerprint density at radius 2 is 2.07 bits per heavy atom. The molecule has 0 aliphatic heterocycles. The van der Waals surface area contributed by atoms with E-state index >= 15 is 0 Å². The highest BCUT2D eigenvalue weighted by atomic mass is 16.5. The molecule has 5 N–H and O–H groups in total. The minimum Gasteiger partial charge on any atom is -0.480 e. The largest absolute Gasteiger partial charge is 0.480 e. The molecule has 0 radical (unpaired) electrons. The second-order valence-corrected chi connectivity index (χ2v) is 2.63. The van der Waals surface area contributed by atoms with Gasteiger partial charge in [0.05, 0.1) is 6.54 Å². The number of carboxylic acids is 1. The molecule has 0 heterocycles. The molecule has 0 aliphatic carbocycles. The lowest BCUT2D eigenvalue weighted by Gasteiger charge is -2.10. The fourth-order valence-electron chi connectivity index (χ4n) is 0.626. The SMILES string of the molecule is C[C@@H](NC(=O)NCCOC(N)=O)C(=O)O. The second kappa shape index (κ2) is 6.46. The smallest absolute Gasteiger partial charge is 0.404 e. The number of rotatable bonds is 5. The quantitative estimate of drug-likeness (QED) is 0.434. The molecule has 8 heteroatoms. The van der Waals surface area contributed by atoms with E-state index in [4.69, 9.17) is 5.11 Å². The van der Waals surface area contributed by atoms with Crippen molar-refractivity contribution in [3.63, 3.8) is 0 Å². The van der Waals surface area contributed by atoms with Gasteiger partial charge in [0.2, 0.25) is 0 Å². The number of nitrogens with two attached hydrogens (primary N) is 1. The summed E-state index contributed by atoms with van der Waals surface area (Å²) in [4.78, 5) is 31.4. The lowest BCUT2D eigenvalue weighted by molar-refractivity contribution is -0.138. The molecule has 3 amide bonds. The van der Waals surface area contributed by atoms with Gasteiger partial charge in [-0.25, -0.2) is 9.59 Å². The van der Waals surface area contributed by atoms with Gasteiger partial charge in [-0.1, -0.05) is 0 Å². The number of carbonyl (C=O) groups is 3. The number of carboxylic acid groups (broad SMARTS) is 1. The van der Waals surface area contributed by atoms with E-state index in [2.05, 4.69) is 21.1 Å². The standard InChI is InChI=1S/C7H13N3O5/c1-4(5(11)12)10-7(14)9-2-3-15-6(8)13/h4H,2-3H2,1H3,(H2,8,13)(H,11,12)(H2,9,10,14)/t4-/m1/s1. The van der Waals surface area contributed by atoms with Crippen molar-refractivity contribution in [1.82, 2.24) is 10.6 Å². The van der Waals surface area contributed by atoms with Gasteiger partial charge in [0.15, 0.2) is 0 Å². The molecule has 15 heavy (non-hydrogen) atoms. The van der Waals surface area contributed by atoms with E-state index in [-0.39, 0.29) is 13.2 Å². The van der Waals surface area contributed by atoms with Gasteiger partial charge in [0.25, 0.3) is 0 Å². The van der Waals surface area contributed by atoms with Crippen LogP contribution in [0.5, 0.6) is 0 Å². The van der Waals surface area contributed by atoms with Crippen molar-refractivity contribution < 1.29 is 24.2 Å². The average molecular weight is 219 g/mol. The number of carbonyl (C=O) groups excluding carboxylic acids is 2. The summed E-state index contributed by atoms with van der Waals surface area (Å²) >= 11 is 0. The molecule has 0 fully saturated rings. The van der Waals surface area contributed by atoms with E-state index in [1.807, 2.05) is 0 Å². The Labute approximate surface area is 85.8 Å². The van der Waals surface area contributed by atoms with Crippen LogP contribution in [0.15, 0.2) is 0 Å². The van der Waals surface area contributed by atoms with Crippen molar-refractivity contribution >= 4 is 18.1 Å². The van der Waals surface area contributed by atoms with Crippen molar-refractivity contribution in [3.8, 4) is 0 Å². The first-order valence-corrected chi connectivity index (χ1v) is 4.13. The number of hydrogen-bond donors (Lipinski definition) is 4. The lowest BCUT2D eigenvalue weighted by Crippen LogP contribution is -2.45. The Morgan fingerprint density at radius 3 is 2.53 bits per heavy atom. The number of urea groups is 1. The zero-order valence-electron chi connectivity index (χ0n) is 8.15. The maximum atomic E-state index is 10.9. The van der Waals surface area contributed by atoms with Gasteiger partial charge in [-0.2, -0.15) is 0 Å². The molecular formula is C7H13N3O5. The molecule has 86 valence electrons. The summed E-state index contributed by atoms with van der Waals surface area (Å²) in [6.45, 7) is 1.31. The first-order valence-electron chi connectivity index (χ1n) is 4.13. The summed E-state index contributed by atoms with van der Waals surface area (Å²) in [6.07, 6.45) is -0.934. The Bertz CT molecular complexity index is 255. The van der Waals surface area contributed by atoms with Crippen LogP contribution >= 0.6 is 0 Å². The Kier molecular flexibility index (Phi) is 5.60. The predicted octanol–water partition coefficient (Wildman–Crippen LogP) is -1.15. The van der Waals surface area contributed by atoms with Gasteiger partial charge >= 0.3 is 18.1 Å². The fraction of sp³-hybridized carbons (Fsp3) is 0.571. The molecule has 0 aromatic carbocycles. The maximum Gasteiger partial charge on any atom is 0.404 e. The fourth-order valence-corrected chi connectivity index (χ4v) is 0.626. The molecule has 0 unspecified atom stereocenters.